The summed E-state index contributed by atoms with van der Waals surface area (Å²) in [6.45, 7) is 18.8. The van der Waals surface area contributed by atoms with E-state index >= 15 is 4.79 Å². The molecule has 2 heterocycles. The van der Waals surface area contributed by atoms with Gasteiger partial charge in [0.2, 0.25) is 23.6 Å². The molecule has 67 heavy (non-hydrogen) atoms. The van der Waals surface area contributed by atoms with E-state index in [1.54, 1.807) is 18.5 Å². The van der Waals surface area contributed by atoms with E-state index in [1.165, 1.54) is 23.3 Å². The van der Waals surface area contributed by atoms with Crippen LogP contribution in [0.2, 0.25) is 0 Å². The summed E-state index contributed by atoms with van der Waals surface area (Å²) >= 11 is 7.00. The van der Waals surface area contributed by atoms with E-state index in [1.807, 2.05) is 128 Å². The molecular weight excluding hydrogens is 891 g/mol. The first kappa shape index (κ1) is 54.1. The highest BCUT2D eigenvalue weighted by molar-refractivity contribution is 7.80. The number of carbonyl (C=O) groups is 5. The van der Waals surface area contributed by atoms with E-state index in [0.717, 1.165) is 17.7 Å². The number of thiocarbonyl (C=S) groups is 1. The van der Waals surface area contributed by atoms with Crippen LogP contribution in [0, 0.1) is 22.7 Å². The molecule has 1 unspecified atom stereocenters. The fraction of sp³-hybridized carbons (Fsp3) is 0.551. The van der Waals surface area contributed by atoms with E-state index in [9.17, 15) is 24.3 Å². The van der Waals surface area contributed by atoms with Crippen LogP contribution in [0.5, 0.6) is 0 Å². The molecule has 1 aromatic heterocycles. The number of nitrogens with two attached hydrogens (primary N) is 1. The summed E-state index contributed by atoms with van der Waals surface area (Å²) in [6.07, 6.45) is 1.94. The van der Waals surface area contributed by atoms with Gasteiger partial charge < -0.3 is 46.6 Å². The predicted octanol–water partition coefficient (Wildman–Crippen LogP) is 5.41. The smallest absolute Gasteiger partial charge is 0.308 e. The molecule has 2 aromatic carbocycles. The molecule has 16 nitrogen and oxygen atoms in total. The molecule has 0 aliphatic carbocycles. The fourth-order valence-corrected chi connectivity index (χ4v) is 9.38. The van der Waals surface area contributed by atoms with E-state index in [-0.39, 0.29) is 43.2 Å². The van der Waals surface area contributed by atoms with E-state index in [4.69, 9.17) is 27.7 Å². The van der Waals surface area contributed by atoms with Gasteiger partial charge in [0.05, 0.1) is 38.8 Å². The fourth-order valence-electron chi connectivity index (χ4n) is 8.32. The van der Waals surface area contributed by atoms with Crippen LogP contribution in [0.4, 0.5) is 5.69 Å². The van der Waals surface area contributed by atoms with Gasteiger partial charge in [-0.3, -0.25) is 29.0 Å². The Balaban J connectivity index is 1.76. The van der Waals surface area contributed by atoms with Crippen LogP contribution in [0.15, 0.2) is 77.2 Å². The summed E-state index contributed by atoms with van der Waals surface area (Å²) in [4.78, 5) is 84.2. The van der Waals surface area contributed by atoms with Gasteiger partial charge >= 0.3 is 5.97 Å². The SMILES string of the molecule is COC(=O)C[C@H](c1nccs1)N(C(=O)[C@@H](NC(=NCCO)[C@@H](NC(=O)[C@@H](NC(=O)[C@@H]1C(C)CCN1C(=S)Nc1ccccc1)C(C)C)C(C)(C)C)C(C)(C)C)[C@H](C(N)=O)[C@@H](C)c1ccccc1. The number of likely N-dealkylation sites (tertiary alicyclic amines) is 1. The van der Waals surface area contributed by atoms with Gasteiger partial charge in [0.15, 0.2) is 5.11 Å². The van der Waals surface area contributed by atoms with Crippen molar-refractivity contribution < 1.29 is 33.8 Å². The lowest BCUT2D eigenvalue weighted by Crippen LogP contribution is -2.65. The van der Waals surface area contributed by atoms with Gasteiger partial charge in [-0.2, -0.15) is 0 Å². The molecule has 0 radical (unpaired) electrons. The summed E-state index contributed by atoms with van der Waals surface area (Å²) in [5.41, 5.74) is 6.10. The zero-order valence-corrected chi connectivity index (χ0v) is 42.4. The van der Waals surface area contributed by atoms with E-state index < -0.39 is 76.7 Å². The Labute approximate surface area is 405 Å². The predicted molar refractivity (Wildman–Crippen MR) is 267 cm³/mol. The van der Waals surface area contributed by atoms with Crippen LogP contribution in [0.3, 0.4) is 0 Å². The lowest BCUT2D eigenvalue weighted by Gasteiger charge is -2.44. The third kappa shape index (κ3) is 14.3. The summed E-state index contributed by atoms with van der Waals surface area (Å²) in [7, 11) is 1.25. The minimum atomic E-state index is -1.28. The van der Waals surface area contributed by atoms with E-state index in [2.05, 4.69) is 26.3 Å². The van der Waals surface area contributed by atoms with Crippen molar-refractivity contribution in [3.05, 3.63) is 82.8 Å². The minimum Gasteiger partial charge on any atom is -0.469 e. The van der Waals surface area contributed by atoms with Crippen molar-refractivity contribution >= 4 is 69.8 Å². The molecule has 0 bridgehead atoms. The Hall–Kier alpha value is -5.46. The number of thiazole rings is 1. The number of nitrogens with one attached hydrogen (secondary N) is 4. The molecule has 8 atom stereocenters. The number of aliphatic hydroxyl groups excluding tert-OH is 1. The molecule has 7 N–H and O–H groups in total. The maximum atomic E-state index is 15.8. The number of carbonyl (C=O) groups excluding carboxylic acids is 5. The molecule has 366 valence electrons. The monoisotopic (exact) mass is 961 g/mol. The number of nitrogens with zero attached hydrogens (tertiary/aromatic N) is 4. The van der Waals surface area contributed by atoms with Crippen LogP contribution in [-0.4, -0.2) is 117 Å². The number of para-hydroxylation sites is 1. The highest BCUT2D eigenvalue weighted by Crippen LogP contribution is 2.37. The normalized spacial score (nSPS) is 18.2. The molecule has 1 saturated heterocycles. The van der Waals surface area contributed by atoms with Crippen molar-refractivity contribution in [1.29, 1.82) is 0 Å². The Kier molecular flexibility index (Phi) is 19.4. The Morgan fingerprint density at radius 3 is 2.09 bits per heavy atom. The van der Waals surface area contributed by atoms with Crippen molar-refractivity contribution in [2.45, 2.75) is 124 Å². The van der Waals surface area contributed by atoms with Crippen molar-refractivity contribution in [3.63, 3.8) is 0 Å². The number of amidine groups is 1. The maximum Gasteiger partial charge on any atom is 0.308 e. The second-order valence-electron chi connectivity index (χ2n) is 19.6. The molecule has 3 aromatic rings. The molecular formula is C49H71N9O7S2. The number of rotatable bonds is 19. The van der Waals surface area contributed by atoms with Gasteiger partial charge in [-0.05, 0) is 59.0 Å². The first-order chi connectivity index (χ1) is 31.5. The number of anilines is 1. The lowest BCUT2D eigenvalue weighted by molar-refractivity contribution is -0.151. The number of amides is 4. The zero-order valence-electron chi connectivity index (χ0n) is 40.7. The second-order valence-corrected chi connectivity index (χ2v) is 20.9. The summed E-state index contributed by atoms with van der Waals surface area (Å²) in [5, 5.41) is 25.5. The molecule has 1 aliphatic rings. The summed E-state index contributed by atoms with van der Waals surface area (Å²) < 4.78 is 5.12. The lowest BCUT2D eigenvalue weighted by atomic mass is 9.81. The number of hydrogen-bond acceptors (Lipinski definition) is 11. The van der Waals surface area contributed by atoms with Gasteiger partial charge in [-0.15, -0.1) is 11.3 Å². The third-order valence-corrected chi connectivity index (χ3v) is 13.2. The number of aliphatic hydroxyl groups is 1. The molecule has 1 fully saturated rings. The topological polar surface area (TPSA) is 221 Å². The first-order valence-electron chi connectivity index (χ1n) is 22.8. The Bertz CT molecular complexity index is 2160. The van der Waals surface area contributed by atoms with Gasteiger partial charge in [0.25, 0.3) is 0 Å². The van der Waals surface area contributed by atoms with Crippen LogP contribution in [0.1, 0.15) is 105 Å². The zero-order chi connectivity index (χ0) is 49.8. The number of esters is 1. The average Bonchev–Trinajstić information content (AvgIpc) is 3.95. The number of primary amides is 1. The van der Waals surface area contributed by atoms with Crippen molar-refractivity contribution in [2.75, 3.05) is 32.1 Å². The largest absolute Gasteiger partial charge is 0.469 e. The standard InChI is InChI=1S/C49H71N9O7S2/c1-29(2)36(54-44(63)37-30(3)22-25-57(37)47(66)53-33-20-16-13-17-21-33)43(62)56-39(48(5,6)7)42(51-23-26-59)55-40(49(8,9)10)46(64)58(34(28-35(60)65-11)45-52-24-27-67-45)38(41(50)61)31(4)32-18-14-12-15-19-32/h12-21,24,27,29-31,34,36-40,59H,22-23,25-26,28H2,1-11H3,(H2,50,61)(H,51,55)(H,53,66)(H,54,63)(H,56,62)/t30?,31-,34+,36-,37-,38-,39+,40+/m0/s1. The summed E-state index contributed by atoms with van der Waals surface area (Å²) in [6, 6.07) is 12.6. The summed E-state index contributed by atoms with van der Waals surface area (Å²) in [5.74, 6) is -3.76. The van der Waals surface area contributed by atoms with Crippen LogP contribution >= 0.6 is 23.6 Å². The third-order valence-electron chi connectivity index (χ3n) is 12.0. The van der Waals surface area contributed by atoms with Crippen LogP contribution < -0.4 is 27.0 Å². The Morgan fingerprint density at radius 2 is 1.57 bits per heavy atom. The van der Waals surface area contributed by atoms with Gasteiger partial charge in [0.1, 0.15) is 35.0 Å². The highest BCUT2D eigenvalue weighted by atomic mass is 32.1. The molecule has 4 amide bonds. The second kappa shape index (κ2) is 24.0. The van der Waals surface area contributed by atoms with Gasteiger partial charge in [0, 0.05) is 29.7 Å². The highest BCUT2D eigenvalue weighted by Gasteiger charge is 2.47. The number of aliphatic imine (C=N–C) groups is 1. The molecule has 4 rings (SSSR count). The number of aromatic nitrogens is 1. The average molecular weight is 962 g/mol. The first-order valence-corrected chi connectivity index (χ1v) is 24.1. The molecule has 0 spiro atoms. The number of hydrogen-bond donors (Lipinski definition) is 6. The van der Waals surface area contributed by atoms with Gasteiger partial charge in [-0.25, -0.2) is 4.98 Å². The van der Waals surface area contributed by atoms with Crippen LogP contribution in [-0.2, 0) is 28.7 Å². The molecule has 0 saturated carbocycles. The molecule has 18 heteroatoms. The van der Waals surface area contributed by atoms with Crippen LogP contribution in [0.25, 0.3) is 0 Å². The number of benzene rings is 2. The Morgan fingerprint density at radius 1 is 0.955 bits per heavy atom. The van der Waals surface area contributed by atoms with E-state index in [0.29, 0.717) is 16.7 Å². The van der Waals surface area contributed by atoms with Gasteiger partial charge in [-0.1, -0.05) is 118 Å². The maximum absolute atomic E-state index is 15.8. The van der Waals surface area contributed by atoms with Crippen molar-refractivity contribution in [1.82, 2.24) is 30.7 Å². The number of ether oxygens (including phenoxy) is 1. The van der Waals surface area contributed by atoms with Crippen molar-refractivity contribution in [3.8, 4) is 0 Å². The number of methoxy groups -OCH3 is 1. The van der Waals surface area contributed by atoms with Crippen molar-refractivity contribution in [2.24, 2.45) is 33.4 Å². The quantitative estimate of drug-likeness (QED) is 0.0385. The minimum absolute atomic E-state index is 0.0609. The molecule has 1 aliphatic heterocycles.